The maximum Gasteiger partial charge on any atom is 0.297 e. The summed E-state index contributed by atoms with van der Waals surface area (Å²) >= 11 is 0. The van der Waals surface area contributed by atoms with Crippen molar-refractivity contribution in [1.29, 1.82) is 0 Å². The van der Waals surface area contributed by atoms with Crippen molar-refractivity contribution in [2.24, 2.45) is 5.41 Å². The molecule has 0 saturated heterocycles. The van der Waals surface area contributed by atoms with Gasteiger partial charge in [0.2, 0.25) is 0 Å². The minimum absolute atomic E-state index is 0.100. The summed E-state index contributed by atoms with van der Waals surface area (Å²) in [5.41, 5.74) is 1.49. The summed E-state index contributed by atoms with van der Waals surface area (Å²) in [6.45, 7) is 1.93. The first-order chi connectivity index (χ1) is 8.49. The van der Waals surface area contributed by atoms with Crippen molar-refractivity contribution < 1.29 is 12.6 Å². The van der Waals surface area contributed by atoms with Gasteiger partial charge in [-0.15, -0.1) is 0 Å². The van der Waals surface area contributed by atoms with Crippen molar-refractivity contribution in [2.75, 3.05) is 0 Å². The molecule has 1 spiro atoms. The maximum absolute atomic E-state index is 12.0. The molecule has 0 N–H and O–H groups in total. The van der Waals surface area contributed by atoms with Crippen LogP contribution in [0.4, 0.5) is 0 Å². The van der Waals surface area contributed by atoms with E-state index in [0.29, 0.717) is 5.41 Å². The van der Waals surface area contributed by atoms with E-state index in [1.165, 1.54) is 19.3 Å². The standard InChI is InChI=1S/C14H18O3S/c1-11-3-5-13(6-4-11)18(15,16)17-12-9-14(10-12)7-2-8-14/h3-6,12H,2,7-10H2,1H3. The Balaban J connectivity index is 1.66. The highest BCUT2D eigenvalue weighted by atomic mass is 32.2. The smallest absolute Gasteiger partial charge is 0.263 e. The number of hydrogen-bond acceptors (Lipinski definition) is 3. The summed E-state index contributed by atoms with van der Waals surface area (Å²) in [4.78, 5) is 0.266. The molecule has 2 aliphatic carbocycles. The van der Waals surface area contributed by atoms with Crippen LogP contribution in [0, 0.1) is 12.3 Å². The van der Waals surface area contributed by atoms with Gasteiger partial charge in [-0.25, -0.2) is 0 Å². The molecule has 18 heavy (non-hydrogen) atoms. The second-order valence-electron chi connectivity index (χ2n) is 5.75. The highest BCUT2D eigenvalue weighted by molar-refractivity contribution is 7.86. The van der Waals surface area contributed by atoms with E-state index in [1.54, 1.807) is 24.3 Å². The van der Waals surface area contributed by atoms with E-state index in [9.17, 15) is 8.42 Å². The molecule has 0 amide bonds. The average Bonchev–Trinajstić information content (AvgIpc) is 2.21. The Hall–Kier alpha value is -0.870. The lowest BCUT2D eigenvalue weighted by atomic mass is 9.55. The van der Waals surface area contributed by atoms with E-state index in [2.05, 4.69) is 0 Å². The van der Waals surface area contributed by atoms with Crippen molar-refractivity contribution in [2.45, 2.75) is 50.0 Å². The van der Waals surface area contributed by atoms with Crippen LogP contribution in [0.25, 0.3) is 0 Å². The van der Waals surface area contributed by atoms with Gasteiger partial charge in [-0.3, -0.25) is 4.18 Å². The molecule has 0 bridgehead atoms. The Kier molecular flexibility index (Phi) is 2.75. The van der Waals surface area contributed by atoms with Gasteiger partial charge in [0, 0.05) is 0 Å². The maximum atomic E-state index is 12.0. The molecular weight excluding hydrogens is 248 g/mol. The van der Waals surface area contributed by atoms with Crippen LogP contribution < -0.4 is 0 Å². The first-order valence-electron chi connectivity index (χ1n) is 6.49. The van der Waals surface area contributed by atoms with Gasteiger partial charge in [0.15, 0.2) is 0 Å². The molecule has 0 unspecified atom stereocenters. The van der Waals surface area contributed by atoms with Gasteiger partial charge in [0.05, 0.1) is 11.0 Å². The molecule has 3 rings (SSSR count). The third kappa shape index (κ3) is 2.08. The van der Waals surface area contributed by atoms with Gasteiger partial charge in [0.25, 0.3) is 10.1 Å². The molecule has 0 aliphatic heterocycles. The quantitative estimate of drug-likeness (QED) is 0.790. The first-order valence-corrected chi connectivity index (χ1v) is 7.90. The van der Waals surface area contributed by atoms with Crippen LogP contribution >= 0.6 is 0 Å². The summed E-state index contributed by atoms with van der Waals surface area (Å²) in [6, 6.07) is 6.82. The van der Waals surface area contributed by atoms with E-state index in [0.717, 1.165) is 18.4 Å². The molecule has 3 nitrogen and oxygen atoms in total. The third-order valence-corrected chi connectivity index (χ3v) is 5.68. The monoisotopic (exact) mass is 266 g/mol. The molecule has 0 atom stereocenters. The Morgan fingerprint density at radius 3 is 2.28 bits per heavy atom. The summed E-state index contributed by atoms with van der Waals surface area (Å²) in [6.07, 6.45) is 5.51. The highest BCUT2D eigenvalue weighted by Gasteiger charge is 2.50. The average molecular weight is 266 g/mol. The van der Waals surface area contributed by atoms with Crippen molar-refractivity contribution in [1.82, 2.24) is 0 Å². The lowest BCUT2D eigenvalue weighted by Gasteiger charge is -2.53. The summed E-state index contributed by atoms with van der Waals surface area (Å²) in [7, 11) is -3.57. The predicted octanol–water partition coefficient (Wildman–Crippen LogP) is 3.03. The minimum atomic E-state index is -3.57. The summed E-state index contributed by atoms with van der Waals surface area (Å²) in [5.74, 6) is 0. The fourth-order valence-electron chi connectivity index (χ4n) is 3.00. The van der Waals surface area contributed by atoms with Gasteiger partial charge in [-0.2, -0.15) is 8.42 Å². The molecule has 0 heterocycles. The number of hydrogen-bond donors (Lipinski definition) is 0. The third-order valence-electron chi connectivity index (χ3n) is 4.31. The number of aryl methyl sites for hydroxylation is 1. The van der Waals surface area contributed by atoms with Crippen molar-refractivity contribution in [3.63, 3.8) is 0 Å². The summed E-state index contributed by atoms with van der Waals surface area (Å²) < 4.78 is 29.4. The zero-order chi connectivity index (χ0) is 12.8. The topological polar surface area (TPSA) is 43.4 Å². The normalized spacial score (nSPS) is 22.5. The Morgan fingerprint density at radius 2 is 1.78 bits per heavy atom. The Bertz CT molecular complexity index is 533. The van der Waals surface area contributed by atoms with E-state index in [4.69, 9.17) is 4.18 Å². The van der Waals surface area contributed by atoms with E-state index >= 15 is 0 Å². The van der Waals surface area contributed by atoms with Gasteiger partial charge in [-0.1, -0.05) is 24.1 Å². The van der Waals surface area contributed by atoms with Crippen LogP contribution in [-0.4, -0.2) is 14.5 Å². The number of rotatable bonds is 3. The van der Waals surface area contributed by atoms with Gasteiger partial charge in [0.1, 0.15) is 0 Å². The number of benzene rings is 1. The van der Waals surface area contributed by atoms with Crippen molar-refractivity contribution in [3.05, 3.63) is 29.8 Å². The van der Waals surface area contributed by atoms with Crippen LogP contribution in [0.5, 0.6) is 0 Å². The Morgan fingerprint density at radius 1 is 1.17 bits per heavy atom. The molecule has 1 aromatic carbocycles. The molecule has 98 valence electrons. The molecule has 1 aromatic rings. The summed E-state index contributed by atoms with van der Waals surface area (Å²) in [5, 5.41) is 0. The molecule has 4 heteroatoms. The first kappa shape index (κ1) is 12.2. The van der Waals surface area contributed by atoms with Crippen molar-refractivity contribution in [3.8, 4) is 0 Å². The van der Waals surface area contributed by atoms with Gasteiger partial charge in [-0.05, 0) is 50.2 Å². The van der Waals surface area contributed by atoms with Crippen molar-refractivity contribution >= 4 is 10.1 Å². The van der Waals surface area contributed by atoms with E-state index in [-0.39, 0.29) is 11.0 Å². The zero-order valence-electron chi connectivity index (χ0n) is 10.6. The molecule has 2 fully saturated rings. The molecule has 2 aliphatic rings. The van der Waals surface area contributed by atoms with Gasteiger partial charge < -0.3 is 0 Å². The van der Waals surface area contributed by atoms with Crippen LogP contribution in [0.15, 0.2) is 29.2 Å². The Labute approximate surface area is 108 Å². The van der Waals surface area contributed by atoms with Crippen LogP contribution in [0.3, 0.4) is 0 Å². The SMILES string of the molecule is Cc1ccc(S(=O)(=O)OC2CC3(CCC3)C2)cc1. The lowest BCUT2D eigenvalue weighted by molar-refractivity contribution is -0.0653. The lowest BCUT2D eigenvalue weighted by Crippen LogP contribution is -2.47. The van der Waals surface area contributed by atoms with Gasteiger partial charge >= 0.3 is 0 Å². The van der Waals surface area contributed by atoms with E-state index in [1.807, 2.05) is 6.92 Å². The largest absolute Gasteiger partial charge is 0.297 e. The minimum Gasteiger partial charge on any atom is -0.263 e. The molecule has 0 radical (unpaired) electrons. The molecule has 0 aromatic heterocycles. The second-order valence-corrected chi connectivity index (χ2v) is 7.32. The second kappa shape index (κ2) is 4.07. The highest BCUT2D eigenvalue weighted by Crippen LogP contribution is 2.57. The molecule has 2 saturated carbocycles. The fraction of sp³-hybridized carbons (Fsp3) is 0.571. The van der Waals surface area contributed by atoms with Crippen LogP contribution in [0.1, 0.15) is 37.7 Å². The molecular formula is C14H18O3S. The zero-order valence-corrected chi connectivity index (χ0v) is 11.4. The fourth-order valence-corrected chi connectivity index (χ4v) is 4.07. The van der Waals surface area contributed by atoms with Crippen LogP contribution in [0.2, 0.25) is 0 Å². The predicted molar refractivity (Wildman–Crippen MR) is 68.8 cm³/mol. The van der Waals surface area contributed by atoms with E-state index < -0.39 is 10.1 Å². The van der Waals surface area contributed by atoms with Crippen LogP contribution in [-0.2, 0) is 14.3 Å².